The topological polar surface area (TPSA) is 87.7 Å². The van der Waals surface area contributed by atoms with E-state index < -0.39 is 23.8 Å². The average molecular weight is 554 g/mol. The fraction of sp³-hybridized carbons (Fsp3) is 0.516. The maximum absolute atomic E-state index is 14.3. The number of thioether (sulfide) groups is 1. The van der Waals surface area contributed by atoms with E-state index in [0.29, 0.717) is 17.9 Å². The van der Waals surface area contributed by atoms with Gasteiger partial charge in [0, 0.05) is 11.7 Å². The summed E-state index contributed by atoms with van der Waals surface area (Å²) in [5.41, 5.74) is 3.88. The highest BCUT2D eigenvalue weighted by molar-refractivity contribution is 7.98. The molecule has 1 aliphatic carbocycles. The molecule has 0 heterocycles. The lowest BCUT2D eigenvalue weighted by molar-refractivity contribution is -0.145. The van der Waals surface area contributed by atoms with Crippen LogP contribution in [-0.2, 0) is 14.3 Å². The molecule has 3 amide bonds. The summed E-state index contributed by atoms with van der Waals surface area (Å²) in [6.07, 6.45) is 4.37. The van der Waals surface area contributed by atoms with Gasteiger partial charge >= 0.3 is 6.09 Å². The zero-order chi connectivity index (χ0) is 28.7. The van der Waals surface area contributed by atoms with Gasteiger partial charge in [-0.15, -0.1) is 0 Å². The van der Waals surface area contributed by atoms with Crippen LogP contribution < -0.4 is 10.6 Å². The van der Waals surface area contributed by atoms with Crippen LogP contribution in [0.1, 0.15) is 74.8 Å². The summed E-state index contributed by atoms with van der Waals surface area (Å²) >= 11 is 1.60. The monoisotopic (exact) mass is 553 g/mol. The smallest absolute Gasteiger partial charge is 0.408 e. The number of aryl methyl sites for hydroxylation is 3. The molecule has 2 unspecified atom stereocenters. The number of anilines is 1. The Morgan fingerprint density at radius 3 is 2.28 bits per heavy atom. The molecular formula is C31H43N3O4S. The van der Waals surface area contributed by atoms with Gasteiger partial charge in [0.25, 0.3) is 5.91 Å². The minimum Gasteiger partial charge on any atom is -0.444 e. The molecule has 2 N–H and O–H groups in total. The summed E-state index contributed by atoms with van der Waals surface area (Å²) in [5.74, 6) is 0.144. The third-order valence-corrected chi connectivity index (χ3v) is 7.74. The molecule has 1 fully saturated rings. The number of rotatable bonds is 10. The second-order valence-electron chi connectivity index (χ2n) is 11.4. The van der Waals surface area contributed by atoms with Crippen molar-refractivity contribution in [3.05, 3.63) is 64.7 Å². The van der Waals surface area contributed by atoms with Crippen molar-refractivity contribution >= 4 is 35.4 Å². The van der Waals surface area contributed by atoms with Crippen molar-refractivity contribution in [2.45, 2.75) is 91.0 Å². The number of carbonyl (C=O) groups is 3. The van der Waals surface area contributed by atoms with E-state index in [1.165, 1.54) is 0 Å². The Balaban J connectivity index is 2.04. The molecular weight excluding hydrogens is 510 g/mol. The number of para-hydroxylation sites is 1. The Kier molecular flexibility index (Phi) is 10.5. The van der Waals surface area contributed by atoms with Crippen LogP contribution in [0.15, 0.2) is 42.5 Å². The number of carbonyl (C=O) groups excluding carboxylic acids is 3. The first-order chi connectivity index (χ1) is 18.4. The van der Waals surface area contributed by atoms with Crippen molar-refractivity contribution in [1.82, 2.24) is 10.2 Å². The number of ether oxygens (including phenoxy) is 1. The Morgan fingerprint density at radius 1 is 1.03 bits per heavy atom. The van der Waals surface area contributed by atoms with Crippen LogP contribution in [0, 0.1) is 20.8 Å². The van der Waals surface area contributed by atoms with Crippen LogP contribution in [0.25, 0.3) is 0 Å². The van der Waals surface area contributed by atoms with Crippen molar-refractivity contribution in [2.24, 2.45) is 0 Å². The molecule has 1 aliphatic rings. The van der Waals surface area contributed by atoms with Gasteiger partial charge in [0.1, 0.15) is 17.7 Å². The number of nitrogens with one attached hydrogen (secondary N) is 2. The lowest BCUT2D eigenvalue weighted by atomic mass is 9.87. The summed E-state index contributed by atoms with van der Waals surface area (Å²) < 4.78 is 5.49. The van der Waals surface area contributed by atoms with Crippen LogP contribution in [0.2, 0.25) is 0 Å². The molecule has 1 saturated carbocycles. The zero-order valence-corrected chi connectivity index (χ0v) is 25.1. The molecule has 7 nitrogen and oxygen atoms in total. The fourth-order valence-electron chi connectivity index (χ4n) is 4.59. The minimum atomic E-state index is -0.848. The first-order valence-electron chi connectivity index (χ1n) is 13.7. The fourth-order valence-corrected chi connectivity index (χ4v) is 5.06. The number of alkyl carbamates (subject to hydrolysis) is 1. The normalized spacial score (nSPS) is 15.1. The molecule has 3 rings (SSSR count). The standard InChI is InChI=1S/C31H43N3O4S/c1-20-15-16-23(19-22(20)3)27(28(35)32-25-14-9-8-11-21(25)2)34(24-12-10-13-24)29(36)26(17-18-39-7)33-30(37)38-31(4,5)6/h8-9,11,14-16,19,24,26-27H,10,12-13,17-18H2,1-7H3,(H,32,35)(H,33,37). The quantitative estimate of drug-likeness (QED) is 0.360. The first kappa shape index (κ1) is 30.5. The SMILES string of the molecule is CSCCC(NC(=O)OC(C)(C)C)C(=O)N(C1CCC1)C(C(=O)Nc1ccccc1C)c1ccc(C)c(C)c1. The molecule has 0 aliphatic heterocycles. The Labute approximate surface area is 237 Å². The predicted molar refractivity (Wildman–Crippen MR) is 159 cm³/mol. The molecule has 0 saturated heterocycles. The summed E-state index contributed by atoms with van der Waals surface area (Å²) in [6, 6.07) is 11.8. The van der Waals surface area contributed by atoms with E-state index in [4.69, 9.17) is 4.74 Å². The van der Waals surface area contributed by atoms with Gasteiger partial charge in [-0.25, -0.2) is 4.79 Å². The predicted octanol–water partition coefficient (Wildman–Crippen LogP) is 6.32. The summed E-state index contributed by atoms with van der Waals surface area (Å²) in [5, 5.41) is 5.91. The second-order valence-corrected chi connectivity index (χ2v) is 12.3. The maximum Gasteiger partial charge on any atom is 0.408 e. The molecule has 39 heavy (non-hydrogen) atoms. The number of hydrogen-bond acceptors (Lipinski definition) is 5. The van der Waals surface area contributed by atoms with Gasteiger partial charge in [-0.05, 0) is 108 Å². The van der Waals surface area contributed by atoms with Gasteiger partial charge in [-0.1, -0.05) is 36.4 Å². The number of hydrogen-bond donors (Lipinski definition) is 2. The van der Waals surface area contributed by atoms with Crippen LogP contribution >= 0.6 is 11.8 Å². The maximum atomic E-state index is 14.3. The summed E-state index contributed by atoms with van der Waals surface area (Å²) in [4.78, 5) is 42.9. The van der Waals surface area contributed by atoms with E-state index in [1.807, 2.05) is 69.5 Å². The van der Waals surface area contributed by atoms with E-state index in [-0.39, 0.29) is 17.9 Å². The van der Waals surface area contributed by atoms with Crippen molar-refractivity contribution < 1.29 is 19.1 Å². The first-order valence-corrected chi connectivity index (χ1v) is 15.0. The van der Waals surface area contributed by atoms with E-state index >= 15 is 0 Å². The molecule has 8 heteroatoms. The molecule has 2 aromatic carbocycles. The molecule has 0 bridgehead atoms. The molecule has 0 spiro atoms. The third-order valence-electron chi connectivity index (χ3n) is 7.10. The molecule has 0 radical (unpaired) electrons. The van der Waals surface area contributed by atoms with E-state index in [1.54, 1.807) is 37.4 Å². The highest BCUT2D eigenvalue weighted by Gasteiger charge is 2.42. The Morgan fingerprint density at radius 2 is 1.72 bits per heavy atom. The van der Waals surface area contributed by atoms with Crippen LogP contribution in [0.4, 0.5) is 10.5 Å². The van der Waals surface area contributed by atoms with Gasteiger partial charge in [-0.2, -0.15) is 11.8 Å². The molecule has 2 aromatic rings. The molecule has 2 atom stereocenters. The average Bonchev–Trinajstić information content (AvgIpc) is 2.82. The van der Waals surface area contributed by atoms with Crippen LogP contribution in [0.3, 0.4) is 0 Å². The van der Waals surface area contributed by atoms with Crippen molar-refractivity contribution in [1.29, 1.82) is 0 Å². The van der Waals surface area contributed by atoms with Gasteiger partial charge < -0.3 is 20.3 Å². The highest BCUT2D eigenvalue weighted by atomic mass is 32.2. The Bertz CT molecular complexity index is 1170. The number of nitrogens with zero attached hydrogens (tertiary/aromatic N) is 1. The lowest BCUT2D eigenvalue weighted by Gasteiger charge is -2.43. The van der Waals surface area contributed by atoms with Crippen LogP contribution in [0.5, 0.6) is 0 Å². The van der Waals surface area contributed by atoms with E-state index in [2.05, 4.69) is 10.6 Å². The number of benzene rings is 2. The number of amides is 3. The highest BCUT2D eigenvalue weighted by Crippen LogP contribution is 2.35. The zero-order valence-electron chi connectivity index (χ0n) is 24.3. The van der Waals surface area contributed by atoms with Crippen molar-refractivity contribution in [3.63, 3.8) is 0 Å². The summed E-state index contributed by atoms with van der Waals surface area (Å²) in [6.45, 7) is 11.3. The van der Waals surface area contributed by atoms with Crippen molar-refractivity contribution in [3.8, 4) is 0 Å². The van der Waals surface area contributed by atoms with E-state index in [9.17, 15) is 14.4 Å². The van der Waals surface area contributed by atoms with Gasteiger partial charge in [0.2, 0.25) is 5.91 Å². The lowest BCUT2D eigenvalue weighted by Crippen LogP contribution is -2.57. The van der Waals surface area contributed by atoms with E-state index in [0.717, 1.165) is 41.5 Å². The second kappa shape index (κ2) is 13.4. The van der Waals surface area contributed by atoms with Gasteiger partial charge in [0.15, 0.2) is 0 Å². The van der Waals surface area contributed by atoms with Gasteiger partial charge in [-0.3, -0.25) is 9.59 Å². The third kappa shape index (κ3) is 8.24. The van der Waals surface area contributed by atoms with Gasteiger partial charge in [0.05, 0.1) is 0 Å². The largest absolute Gasteiger partial charge is 0.444 e. The van der Waals surface area contributed by atoms with Crippen molar-refractivity contribution in [2.75, 3.05) is 17.3 Å². The molecule has 212 valence electrons. The van der Waals surface area contributed by atoms with Crippen LogP contribution in [-0.4, -0.2) is 52.5 Å². The molecule has 0 aromatic heterocycles. The minimum absolute atomic E-state index is 0.0936. The summed E-state index contributed by atoms with van der Waals surface area (Å²) in [7, 11) is 0. The Hall–Kier alpha value is -3.00.